The molecule has 0 aliphatic carbocycles. The highest BCUT2D eigenvalue weighted by atomic mass is 16.2. The van der Waals surface area contributed by atoms with Crippen molar-refractivity contribution in [2.24, 2.45) is 5.92 Å². The van der Waals surface area contributed by atoms with Crippen LogP contribution in [0.2, 0.25) is 0 Å². The maximum atomic E-state index is 11.8. The molecule has 1 aromatic heterocycles. The Bertz CT molecular complexity index is 714. The number of piperidine rings is 1. The standard InChI is InChI=1S/C22H29N3O/c1-24(2)22(26)12-11-18-8-6-14-25(16-18)17-19-7-5-9-20(15-19)21-10-3-4-13-23-21/h3-5,7,9-10,13,15,18H,6,8,11-12,14,16-17H2,1-2H3/t18-/m1/s1. The number of amides is 1. The van der Waals surface area contributed by atoms with Crippen molar-refractivity contribution < 1.29 is 4.79 Å². The van der Waals surface area contributed by atoms with E-state index in [1.807, 2.05) is 32.4 Å². The summed E-state index contributed by atoms with van der Waals surface area (Å²) < 4.78 is 0. The van der Waals surface area contributed by atoms with Crippen LogP contribution >= 0.6 is 0 Å². The quantitative estimate of drug-likeness (QED) is 0.794. The van der Waals surface area contributed by atoms with Crippen molar-refractivity contribution in [3.05, 3.63) is 54.2 Å². The summed E-state index contributed by atoms with van der Waals surface area (Å²) >= 11 is 0. The normalized spacial score (nSPS) is 17.8. The highest BCUT2D eigenvalue weighted by molar-refractivity contribution is 5.75. The van der Waals surface area contributed by atoms with Crippen LogP contribution in [0.25, 0.3) is 11.3 Å². The van der Waals surface area contributed by atoms with Gasteiger partial charge in [-0.3, -0.25) is 14.7 Å². The van der Waals surface area contributed by atoms with Crippen LogP contribution in [0.15, 0.2) is 48.7 Å². The molecule has 1 atom stereocenters. The van der Waals surface area contributed by atoms with E-state index in [2.05, 4.69) is 40.2 Å². The molecule has 1 amide bonds. The number of rotatable bonds is 6. The fraction of sp³-hybridized carbons (Fsp3) is 0.455. The van der Waals surface area contributed by atoms with Crippen molar-refractivity contribution in [2.45, 2.75) is 32.2 Å². The van der Waals surface area contributed by atoms with Gasteiger partial charge in [0.2, 0.25) is 5.91 Å². The third-order valence-corrected chi connectivity index (χ3v) is 5.16. The molecule has 1 aromatic carbocycles. The van der Waals surface area contributed by atoms with Gasteiger partial charge in [-0.15, -0.1) is 0 Å². The number of carbonyl (C=O) groups excluding carboxylic acids is 1. The zero-order chi connectivity index (χ0) is 18.4. The fourth-order valence-electron chi connectivity index (χ4n) is 3.70. The van der Waals surface area contributed by atoms with Gasteiger partial charge in [-0.1, -0.05) is 24.3 Å². The minimum absolute atomic E-state index is 0.241. The van der Waals surface area contributed by atoms with E-state index in [0.717, 1.165) is 31.7 Å². The van der Waals surface area contributed by atoms with Crippen LogP contribution in [0.4, 0.5) is 0 Å². The number of carbonyl (C=O) groups is 1. The van der Waals surface area contributed by atoms with Crippen molar-refractivity contribution in [3.8, 4) is 11.3 Å². The Morgan fingerprint density at radius 2 is 2.12 bits per heavy atom. The molecular weight excluding hydrogens is 322 g/mol. The predicted octanol–water partition coefficient (Wildman–Crippen LogP) is 3.83. The zero-order valence-electron chi connectivity index (χ0n) is 15.9. The van der Waals surface area contributed by atoms with Gasteiger partial charge < -0.3 is 4.90 Å². The van der Waals surface area contributed by atoms with Crippen LogP contribution in [0.3, 0.4) is 0 Å². The largest absolute Gasteiger partial charge is 0.349 e. The van der Waals surface area contributed by atoms with E-state index in [-0.39, 0.29) is 5.91 Å². The molecule has 4 nitrogen and oxygen atoms in total. The molecule has 1 fully saturated rings. The van der Waals surface area contributed by atoms with Crippen molar-refractivity contribution >= 4 is 5.91 Å². The van der Waals surface area contributed by atoms with Gasteiger partial charge in [0.25, 0.3) is 0 Å². The van der Waals surface area contributed by atoms with Gasteiger partial charge in [-0.05, 0) is 55.5 Å². The molecule has 138 valence electrons. The summed E-state index contributed by atoms with van der Waals surface area (Å²) in [6.07, 6.45) is 5.97. The first kappa shape index (κ1) is 18.6. The van der Waals surface area contributed by atoms with Crippen LogP contribution in [0.1, 0.15) is 31.2 Å². The first-order chi connectivity index (χ1) is 12.6. The van der Waals surface area contributed by atoms with Crippen molar-refractivity contribution in [1.82, 2.24) is 14.8 Å². The monoisotopic (exact) mass is 351 g/mol. The minimum atomic E-state index is 0.241. The van der Waals surface area contributed by atoms with E-state index >= 15 is 0 Å². The Morgan fingerprint density at radius 3 is 2.88 bits per heavy atom. The molecule has 0 N–H and O–H groups in total. The summed E-state index contributed by atoms with van der Waals surface area (Å²) in [5.74, 6) is 0.872. The predicted molar refractivity (Wildman–Crippen MR) is 106 cm³/mol. The van der Waals surface area contributed by atoms with Crippen LogP contribution in [-0.2, 0) is 11.3 Å². The third kappa shape index (κ3) is 5.15. The highest BCUT2D eigenvalue weighted by Crippen LogP contribution is 2.24. The molecule has 2 aromatic rings. The van der Waals surface area contributed by atoms with E-state index in [1.165, 1.54) is 24.0 Å². The third-order valence-electron chi connectivity index (χ3n) is 5.16. The molecule has 0 saturated carbocycles. The van der Waals surface area contributed by atoms with E-state index in [4.69, 9.17) is 0 Å². The van der Waals surface area contributed by atoms with Crippen LogP contribution in [0, 0.1) is 5.92 Å². The van der Waals surface area contributed by atoms with E-state index in [9.17, 15) is 4.79 Å². The molecule has 0 spiro atoms. The van der Waals surface area contributed by atoms with Crippen molar-refractivity contribution in [3.63, 3.8) is 0 Å². The van der Waals surface area contributed by atoms with E-state index < -0.39 is 0 Å². The lowest BCUT2D eigenvalue weighted by atomic mass is 9.92. The lowest BCUT2D eigenvalue weighted by molar-refractivity contribution is -0.129. The molecule has 1 saturated heterocycles. The Kier molecular flexibility index (Phi) is 6.40. The first-order valence-corrected chi connectivity index (χ1v) is 9.54. The summed E-state index contributed by atoms with van der Waals surface area (Å²) in [7, 11) is 3.67. The molecule has 4 heteroatoms. The smallest absolute Gasteiger partial charge is 0.222 e. The lowest BCUT2D eigenvalue weighted by Gasteiger charge is -2.33. The molecule has 2 heterocycles. The van der Waals surface area contributed by atoms with Crippen LogP contribution in [0.5, 0.6) is 0 Å². The lowest BCUT2D eigenvalue weighted by Crippen LogP contribution is -2.35. The van der Waals surface area contributed by atoms with E-state index in [1.54, 1.807) is 4.90 Å². The number of benzene rings is 1. The van der Waals surface area contributed by atoms with Gasteiger partial charge in [0, 0.05) is 45.4 Å². The summed E-state index contributed by atoms with van der Waals surface area (Å²) in [4.78, 5) is 20.5. The number of nitrogens with zero attached hydrogens (tertiary/aromatic N) is 3. The maximum absolute atomic E-state index is 11.8. The molecule has 26 heavy (non-hydrogen) atoms. The van der Waals surface area contributed by atoms with Crippen molar-refractivity contribution in [1.29, 1.82) is 0 Å². The van der Waals surface area contributed by atoms with Gasteiger partial charge in [0.15, 0.2) is 0 Å². The molecule has 0 radical (unpaired) electrons. The molecule has 3 rings (SSSR count). The Balaban J connectivity index is 1.58. The number of pyridine rings is 1. The minimum Gasteiger partial charge on any atom is -0.349 e. The van der Waals surface area contributed by atoms with Gasteiger partial charge >= 0.3 is 0 Å². The summed E-state index contributed by atoms with van der Waals surface area (Å²) in [6.45, 7) is 3.21. The van der Waals surface area contributed by atoms with Gasteiger partial charge in [0.05, 0.1) is 5.69 Å². The summed E-state index contributed by atoms with van der Waals surface area (Å²) in [5, 5.41) is 0. The second-order valence-corrected chi connectivity index (χ2v) is 7.49. The zero-order valence-corrected chi connectivity index (χ0v) is 15.9. The molecule has 1 aliphatic rings. The average Bonchev–Trinajstić information content (AvgIpc) is 2.67. The van der Waals surface area contributed by atoms with Gasteiger partial charge in [-0.2, -0.15) is 0 Å². The Labute approximate surface area is 156 Å². The average molecular weight is 351 g/mol. The van der Waals surface area contributed by atoms with Gasteiger partial charge in [-0.25, -0.2) is 0 Å². The number of hydrogen-bond acceptors (Lipinski definition) is 3. The highest BCUT2D eigenvalue weighted by Gasteiger charge is 2.21. The molecular formula is C22H29N3O. The van der Waals surface area contributed by atoms with Crippen molar-refractivity contribution in [2.75, 3.05) is 27.2 Å². The second-order valence-electron chi connectivity index (χ2n) is 7.49. The Hall–Kier alpha value is -2.20. The first-order valence-electron chi connectivity index (χ1n) is 9.54. The van der Waals surface area contributed by atoms with E-state index in [0.29, 0.717) is 12.3 Å². The Morgan fingerprint density at radius 1 is 1.23 bits per heavy atom. The van der Waals surface area contributed by atoms with Crippen LogP contribution in [-0.4, -0.2) is 47.9 Å². The van der Waals surface area contributed by atoms with Gasteiger partial charge in [0.1, 0.15) is 0 Å². The second kappa shape index (κ2) is 8.95. The number of aromatic nitrogens is 1. The number of likely N-dealkylation sites (tertiary alicyclic amines) is 1. The fourth-order valence-corrected chi connectivity index (χ4v) is 3.70. The maximum Gasteiger partial charge on any atom is 0.222 e. The molecule has 0 unspecified atom stereocenters. The SMILES string of the molecule is CN(C)C(=O)CC[C@H]1CCCN(Cc2cccc(-c3ccccn3)c2)C1. The molecule has 0 bridgehead atoms. The molecule has 1 aliphatic heterocycles. The summed E-state index contributed by atoms with van der Waals surface area (Å²) in [5.41, 5.74) is 3.53. The summed E-state index contributed by atoms with van der Waals surface area (Å²) in [6, 6.07) is 14.7. The number of hydrogen-bond donors (Lipinski definition) is 0. The van der Waals surface area contributed by atoms with Crippen LogP contribution < -0.4 is 0 Å². The topological polar surface area (TPSA) is 36.4 Å².